The quantitative estimate of drug-likeness (QED) is 0.229. The molecule has 1 aromatic heterocycles. The number of rotatable bonds is 12. The van der Waals surface area contributed by atoms with E-state index in [1.807, 2.05) is 49.5 Å². The smallest absolute Gasteiger partial charge is 0.414 e. The first-order valence-corrected chi connectivity index (χ1v) is 14.3. The van der Waals surface area contributed by atoms with Crippen LogP contribution in [0.4, 0.5) is 4.79 Å². The van der Waals surface area contributed by atoms with Crippen molar-refractivity contribution >= 4 is 34.7 Å². The predicted octanol–water partition coefficient (Wildman–Crippen LogP) is 4.24. The highest BCUT2D eigenvalue weighted by Crippen LogP contribution is 2.38. The molecule has 0 spiro atoms. The zero-order valence-corrected chi connectivity index (χ0v) is 24.4. The van der Waals surface area contributed by atoms with Gasteiger partial charge in [-0.3, -0.25) is 14.9 Å². The lowest BCUT2D eigenvalue weighted by molar-refractivity contribution is -0.131. The second-order valence-electron chi connectivity index (χ2n) is 11.1. The Kier molecular flexibility index (Phi) is 9.95. The molecule has 3 aromatic rings. The Labute approximate surface area is 250 Å². The summed E-state index contributed by atoms with van der Waals surface area (Å²) in [5.74, 6) is -1.46. The summed E-state index contributed by atoms with van der Waals surface area (Å²) in [5.41, 5.74) is 13.0. The number of amides is 2. The number of aromatic nitrogens is 1. The minimum Gasteiger partial charge on any atom is -0.462 e. The van der Waals surface area contributed by atoms with Crippen molar-refractivity contribution in [2.75, 3.05) is 6.61 Å². The molecule has 3 atom stereocenters. The fourth-order valence-corrected chi connectivity index (χ4v) is 5.24. The number of ketones is 1. The van der Waals surface area contributed by atoms with Crippen LogP contribution in [0, 0.1) is 5.41 Å². The second-order valence-corrected chi connectivity index (χ2v) is 11.1. The summed E-state index contributed by atoms with van der Waals surface area (Å²) in [7, 11) is 0. The summed E-state index contributed by atoms with van der Waals surface area (Å²) in [6.07, 6.45) is 9.29. The van der Waals surface area contributed by atoms with Crippen molar-refractivity contribution in [3.05, 3.63) is 95.7 Å². The van der Waals surface area contributed by atoms with Gasteiger partial charge in [0.1, 0.15) is 6.61 Å². The minimum atomic E-state index is -1.61. The lowest BCUT2D eigenvalue weighted by atomic mass is 9.67. The number of carbonyl (C=O) groups excluding carboxylic acids is 4. The number of fused-ring (bicyclic) bond motifs is 1. The Balaban J connectivity index is 1.37. The van der Waals surface area contributed by atoms with Gasteiger partial charge in [0.2, 0.25) is 5.91 Å². The van der Waals surface area contributed by atoms with Crippen LogP contribution >= 0.6 is 0 Å². The summed E-state index contributed by atoms with van der Waals surface area (Å²) in [6, 6.07) is 13.3. The number of ether oxygens (including phenoxy) is 2. The number of Topliss-reactive ketones (excluding diaryl/α,β-unsaturated/α-hetero) is 1. The highest BCUT2D eigenvalue weighted by molar-refractivity contribution is 5.99. The van der Waals surface area contributed by atoms with E-state index in [2.05, 4.69) is 10.3 Å². The molecule has 10 nitrogen and oxygen atoms in total. The molecule has 0 fully saturated rings. The zero-order valence-electron chi connectivity index (χ0n) is 24.4. The van der Waals surface area contributed by atoms with Gasteiger partial charge in [0.05, 0.1) is 29.2 Å². The predicted molar refractivity (Wildman–Crippen MR) is 163 cm³/mol. The number of hydrogen-bond donors (Lipinski definition) is 4. The van der Waals surface area contributed by atoms with Crippen molar-refractivity contribution in [3.63, 3.8) is 0 Å². The molecule has 0 radical (unpaired) electrons. The van der Waals surface area contributed by atoms with Crippen LogP contribution in [0.15, 0.2) is 79.0 Å². The van der Waals surface area contributed by atoms with Gasteiger partial charge < -0.3 is 25.9 Å². The first kappa shape index (κ1) is 31.4. The molecule has 0 saturated carbocycles. The molecule has 6 N–H and O–H groups in total. The van der Waals surface area contributed by atoms with E-state index in [0.717, 1.165) is 22.9 Å². The van der Waals surface area contributed by atoms with Crippen LogP contribution < -0.4 is 16.8 Å². The number of alkyl carbamates (subject to hydrolysis) is 1. The van der Waals surface area contributed by atoms with Crippen molar-refractivity contribution in [1.29, 1.82) is 0 Å². The van der Waals surface area contributed by atoms with Gasteiger partial charge in [-0.05, 0) is 61.9 Å². The van der Waals surface area contributed by atoms with E-state index in [0.29, 0.717) is 30.6 Å². The molecular weight excluding hydrogens is 548 g/mol. The maximum absolute atomic E-state index is 13.9. The normalized spacial score (nSPS) is 18.0. The molecule has 1 aliphatic rings. The number of para-hydroxylation sites is 1. The fraction of sp³-hybridized carbons (Fsp3) is 0.333. The van der Waals surface area contributed by atoms with Crippen LogP contribution in [-0.4, -0.2) is 46.9 Å². The van der Waals surface area contributed by atoms with E-state index in [4.69, 9.17) is 20.9 Å². The Morgan fingerprint density at radius 3 is 2.51 bits per heavy atom. The van der Waals surface area contributed by atoms with Crippen LogP contribution in [0.3, 0.4) is 0 Å². The molecule has 226 valence electrons. The van der Waals surface area contributed by atoms with E-state index >= 15 is 0 Å². The van der Waals surface area contributed by atoms with Gasteiger partial charge in [-0.15, -0.1) is 0 Å². The fourth-order valence-electron chi connectivity index (χ4n) is 5.24. The van der Waals surface area contributed by atoms with Crippen LogP contribution in [-0.2, 0) is 32.1 Å². The Morgan fingerprint density at radius 1 is 1.07 bits per heavy atom. The number of nitrogens with two attached hydrogens (primary N) is 2. The largest absolute Gasteiger partial charge is 0.462 e. The number of esters is 1. The number of imide groups is 1. The zero-order chi connectivity index (χ0) is 31.0. The molecule has 0 saturated heterocycles. The molecule has 43 heavy (non-hydrogen) atoms. The maximum Gasteiger partial charge on any atom is 0.414 e. The molecule has 0 bridgehead atoms. The number of aromatic amines is 1. The van der Waals surface area contributed by atoms with Gasteiger partial charge in [-0.2, -0.15) is 0 Å². The van der Waals surface area contributed by atoms with Crippen molar-refractivity contribution in [1.82, 2.24) is 10.3 Å². The monoisotopic (exact) mass is 586 g/mol. The third-order valence-corrected chi connectivity index (χ3v) is 7.50. The topological polar surface area (TPSA) is 167 Å². The third-order valence-electron chi connectivity index (χ3n) is 7.50. The molecule has 2 amide bonds. The first-order valence-electron chi connectivity index (χ1n) is 14.3. The Morgan fingerprint density at radius 2 is 1.81 bits per heavy atom. The van der Waals surface area contributed by atoms with Crippen LogP contribution in [0.25, 0.3) is 10.9 Å². The van der Waals surface area contributed by atoms with E-state index in [1.165, 1.54) is 6.92 Å². The number of carbonyl (C=O) groups is 4. The molecule has 4 rings (SSSR count). The van der Waals surface area contributed by atoms with Gasteiger partial charge in [0.25, 0.3) is 0 Å². The molecule has 0 aliphatic heterocycles. The standard InChI is InChI=1S/C33H38N4O6/c1-3-17-42-29(39)23-13-11-22(12-14-23)20-43-31(41)37-30(40)32(2,35)21-33(15-7-4-8-16-33)28(38)26(34)18-24-19-36-27-10-6-5-9-25(24)27/h4-15,19,26,36H,3,16-18,20-21,34-35H2,1-2H3,(H,37,40,41)/t26-,32?,33?/m0/s1. The molecule has 1 heterocycles. The average Bonchev–Trinajstić information content (AvgIpc) is 3.41. The number of H-pyrrole nitrogens is 1. The van der Waals surface area contributed by atoms with Gasteiger partial charge in [-0.1, -0.05) is 61.6 Å². The van der Waals surface area contributed by atoms with Gasteiger partial charge >= 0.3 is 12.1 Å². The molecular formula is C33H38N4O6. The summed E-state index contributed by atoms with van der Waals surface area (Å²) >= 11 is 0. The van der Waals surface area contributed by atoms with E-state index < -0.39 is 35.0 Å². The summed E-state index contributed by atoms with van der Waals surface area (Å²) in [6.45, 7) is 3.57. The van der Waals surface area contributed by atoms with Gasteiger partial charge in [0, 0.05) is 17.1 Å². The van der Waals surface area contributed by atoms with Crippen LogP contribution in [0.2, 0.25) is 0 Å². The first-order chi connectivity index (χ1) is 20.5. The van der Waals surface area contributed by atoms with E-state index in [9.17, 15) is 19.2 Å². The summed E-state index contributed by atoms with van der Waals surface area (Å²) in [4.78, 5) is 54.6. The van der Waals surface area contributed by atoms with E-state index in [1.54, 1.807) is 36.4 Å². The van der Waals surface area contributed by atoms with Crippen molar-refractivity contribution in [2.24, 2.45) is 16.9 Å². The van der Waals surface area contributed by atoms with Crippen LogP contribution in [0.1, 0.15) is 54.6 Å². The molecule has 2 aromatic carbocycles. The Bertz CT molecular complexity index is 1540. The number of nitrogens with one attached hydrogen (secondary N) is 2. The Hall–Kier alpha value is -4.54. The number of benzene rings is 2. The summed E-state index contributed by atoms with van der Waals surface area (Å²) in [5, 5.41) is 3.18. The van der Waals surface area contributed by atoms with Crippen molar-refractivity contribution < 1.29 is 28.7 Å². The van der Waals surface area contributed by atoms with E-state index in [-0.39, 0.29) is 18.8 Å². The molecule has 10 heteroatoms. The van der Waals surface area contributed by atoms with Gasteiger partial charge in [0.15, 0.2) is 5.78 Å². The average molecular weight is 587 g/mol. The van der Waals surface area contributed by atoms with Crippen molar-refractivity contribution in [2.45, 2.75) is 57.7 Å². The summed E-state index contributed by atoms with van der Waals surface area (Å²) < 4.78 is 10.3. The maximum atomic E-state index is 13.9. The highest BCUT2D eigenvalue weighted by Gasteiger charge is 2.46. The minimum absolute atomic E-state index is 0.0734. The number of hydrogen-bond acceptors (Lipinski definition) is 8. The lowest BCUT2D eigenvalue weighted by Gasteiger charge is -2.37. The number of allylic oxidation sites excluding steroid dienone is 4. The van der Waals surface area contributed by atoms with Crippen LogP contribution in [0.5, 0.6) is 0 Å². The lowest BCUT2D eigenvalue weighted by Crippen LogP contribution is -2.58. The van der Waals surface area contributed by atoms with Gasteiger partial charge in [-0.25, -0.2) is 9.59 Å². The molecule has 1 aliphatic carbocycles. The SMILES string of the molecule is CCCOC(=O)c1ccc(COC(=O)NC(=O)C(C)(N)CC2(C(=O)[C@@H](N)Cc3c[nH]c4ccccc34)C=CC=CC2)cc1. The third kappa shape index (κ3) is 7.65. The second kappa shape index (κ2) is 13.6. The van der Waals surface area contributed by atoms with Crippen molar-refractivity contribution in [3.8, 4) is 0 Å². The molecule has 2 unspecified atom stereocenters. The highest BCUT2D eigenvalue weighted by atomic mass is 16.5.